The molecule has 1 saturated carbocycles. The molecule has 92 valence electrons. The summed E-state index contributed by atoms with van der Waals surface area (Å²) >= 11 is 0. The quantitative estimate of drug-likeness (QED) is 0.694. The van der Waals surface area contributed by atoms with E-state index in [9.17, 15) is 4.79 Å². The highest BCUT2D eigenvalue weighted by atomic mass is 16.1. The average molecular weight is 233 g/mol. The molecule has 2 rings (SSSR count). The second-order valence-corrected chi connectivity index (χ2v) is 5.44. The molecule has 0 aromatic heterocycles. The van der Waals surface area contributed by atoms with Gasteiger partial charge in [-0.25, -0.2) is 0 Å². The zero-order valence-electron chi connectivity index (χ0n) is 10.3. The van der Waals surface area contributed by atoms with Gasteiger partial charge in [-0.05, 0) is 36.0 Å². The highest BCUT2D eigenvalue weighted by Gasteiger charge is 2.44. The van der Waals surface area contributed by atoms with Crippen LogP contribution in [0.3, 0.4) is 0 Å². The molecule has 4 heteroatoms. The molecular formula is C13H19N3O. The molecule has 0 heterocycles. The number of carbonyl (C=O) groups excluding carboxylic acids is 1. The smallest absolute Gasteiger partial charge is 0.250 e. The lowest BCUT2D eigenvalue weighted by Gasteiger charge is -2.11. The predicted molar refractivity (Wildman–Crippen MR) is 69.8 cm³/mol. The summed E-state index contributed by atoms with van der Waals surface area (Å²) in [4.78, 5) is 11.3. The number of nitrogens with one attached hydrogen (secondary N) is 1. The van der Waals surface area contributed by atoms with Gasteiger partial charge >= 0.3 is 0 Å². The molecule has 4 nitrogen and oxygen atoms in total. The summed E-state index contributed by atoms with van der Waals surface area (Å²) in [6, 6.07) is 5.11. The predicted octanol–water partition coefficient (Wildman–Crippen LogP) is 1.83. The van der Waals surface area contributed by atoms with Crippen molar-refractivity contribution < 1.29 is 4.79 Å². The minimum Gasteiger partial charge on any atom is -0.399 e. The van der Waals surface area contributed by atoms with Gasteiger partial charge in [0, 0.05) is 17.9 Å². The first-order valence-corrected chi connectivity index (χ1v) is 5.83. The fourth-order valence-corrected chi connectivity index (χ4v) is 2.08. The van der Waals surface area contributed by atoms with Crippen LogP contribution in [0.2, 0.25) is 0 Å². The molecule has 0 bridgehead atoms. The molecule has 0 saturated heterocycles. The third-order valence-corrected chi connectivity index (χ3v) is 3.57. The Morgan fingerprint density at radius 1 is 1.53 bits per heavy atom. The van der Waals surface area contributed by atoms with Crippen LogP contribution >= 0.6 is 0 Å². The maximum Gasteiger partial charge on any atom is 0.250 e. The summed E-state index contributed by atoms with van der Waals surface area (Å²) in [5, 5.41) is 3.27. The minimum atomic E-state index is -0.428. The van der Waals surface area contributed by atoms with Crippen LogP contribution in [-0.2, 0) is 0 Å². The number of hydrogen-bond donors (Lipinski definition) is 3. The Labute approximate surface area is 101 Å². The fraction of sp³-hybridized carbons (Fsp3) is 0.462. The normalized spacial score (nSPS) is 20.9. The molecule has 1 aromatic rings. The van der Waals surface area contributed by atoms with Crippen molar-refractivity contribution in [2.75, 3.05) is 17.6 Å². The SMILES string of the molecule is CC1(C)CC1CNc1cc(N)ccc1C(N)=O. The first kappa shape index (κ1) is 11.8. The molecule has 0 spiro atoms. The molecule has 1 atom stereocenters. The first-order chi connectivity index (χ1) is 7.90. The molecule has 17 heavy (non-hydrogen) atoms. The molecule has 1 unspecified atom stereocenters. The monoisotopic (exact) mass is 233 g/mol. The van der Waals surface area contributed by atoms with Gasteiger partial charge in [0.2, 0.25) is 0 Å². The van der Waals surface area contributed by atoms with E-state index in [1.807, 2.05) is 0 Å². The standard InChI is InChI=1S/C13H19N3O/c1-13(2)6-8(13)7-16-11-5-9(14)3-4-10(11)12(15)17/h3-5,8,16H,6-7,14H2,1-2H3,(H2,15,17). The number of carbonyl (C=O) groups is 1. The number of benzene rings is 1. The lowest BCUT2D eigenvalue weighted by atomic mass is 10.1. The molecule has 1 aromatic carbocycles. The van der Waals surface area contributed by atoms with E-state index in [4.69, 9.17) is 11.5 Å². The highest BCUT2D eigenvalue weighted by molar-refractivity contribution is 5.99. The highest BCUT2D eigenvalue weighted by Crippen LogP contribution is 2.51. The molecule has 1 aliphatic carbocycles. The van der Waals surface area contributed by atoms with E-state index in [0.29, 0.717) is 22.6 Å². The van der Waals surface area contributed by atoms with Crippen LogP contribution in [0.15, 0.2) is 18.2 Å². The first-order valence-electron chi connectivity index (χ1n) is 5.83. The fourth-order valence-electron chi connectivity index (χ4n) is 2.08. The van der Waals surface area contributed by atoms with Gasteiger partial charge in [-0.3, -0.25) is 4.79 Å². The van der Waals surface area contributed by atoms with Crippen molar-refractivity contribution >= 4 is 17.3 Å². The minimum absolute atomic E-state index is 0.417. The maximum atomic E-state index is 11.3. The van der Waals surface area contributed by atoms with Crippen molar-refractivity contribution in [3.63, 3.8) is 0 Å². The second-order valence-electron chi connectivity index (χ2n) is 5.44. The number of nitrogen functional groups attached to an aromatic ring is 1. The van der Waals surface area contributed by atoms with Crippen molar-refractivity contribution in [3.05, 3.63) is 23.8 Å². The van der Waals surface area contributed by atoms with Crippen molar-refractivity contribution in [1.82, 2.24) is 0 Å². The van der Waals surface area contributed by atoms with Crippen molar-refractivity contribution in [1.29, 1.82) is 0 Å². The second kappa shape index (κ2) is 3.95. The summed E-state index contributed by atoms with van der Waals surface area (Å²) in [5.41, 5.74) is 13.3. The van der Waals surface area contributed by atoms with E-state index in [2.05, 4.69) is 19.2 Å². The molecule has 5 N–H and O–H groups in total. The molecule has 1 amide bonds. The summed E-state index contributed by atoms with van der Waals surface area (Å²) in [6.07, 6.45) is 1.22. The van der Waals surface area contributed by atoms with Crippen LogP contribution in [-0.4, -0.2) is 12.5 Å². The lowest BCUT2D eigenvalue weighted by Crippen LogP contribution is -2.16. The summed E-state index contributed by atoms with van der Waals surface area (Å²) in [7, 11) is 0. The van der Waals surface area contributed by atoms with Crippen LogP contribution in [0.5, 0.6) is 0 Å². The third-order valence-electron chi connectivity index (χ3n) is 3.57. The topological polar surface area (TPSA) is 81.1 Å². The van der Waals surface area contributed by atoms with Crippen molar-refractivity contribution in [2.24, 2.45) is 17.1 Å². The molecule has 0 aliphatic heterocycles. The summed E-state index contributed by atoms with van der Waals surface area (Å²) in [6.45, 7) is 5.35. The Bertz CT molecular complexity index is 454. The Kier molecular flexibility index (Phi) is 2.73. The van der Waals surface area contributed by atoms with Crippen LogP contribution in [0.1, 0.15) is 30.6 Å². The van der Waals surface area contributed by atoms with Crippen LogP contribution < -0.4 is 16.8 Å². The van der Waals surface area contributed by atoms with Gasteiger partial charge in [-0.1, -0.05) is 13.8 Å². The van der Waals surface area contributed by atoms with E-state index in [0.717, 1.165) is 12.2 Å². The Balaban J connectivity index is 2.09. The number of amides is 1. The van der Waals surface area contributed by atoms with Gasteiger partial charge in [-0.2, -0.15) is 0 Å². The van der Waals surface area contributed by atoms with Gasteiger partial charge < -0.3 is 16.8 Å². The van der Waals surface area contributed by atoms with Gasteiger partial charge in [0.05, 0.1) is 5.56 Å². The van der Waals surface area contributed by atoms with E-state index in [1.165, 1.54) is 6.42 Å². The summed E-state index contributed by atoms with van der Waals surface area (Å²) in [5.74, 6) is 0.229. The lowest BCUT2D eigenvalue weighted by molar-refractivity contribution is 0.100. The van der Waals surface area contributed by atoms with Gasteiger partial charge in [0.15, 0.2) is 0 Å². The molecule has 0 radical (unpaired) electrons. The number of hydrogen-bond acceptors (Lipinski definition) is 3. The Hall–Kier alpha value is -1.71. The van der Waals surface area contributed by atoms with Crippen LogP contribution in [0.4, 0.5) is 11.4 Å². The van der Waals surface area contributed by atoms with E-state index < -0.39 is 5.91 Å². The van der Waals surface area contributed by atoms with Gasteiger partial charge in [-0.15, -0.1) is 0 Å². The zero-order valence-corrected chi connectivity index (χ0v) is 10.3. The van der Waals surface area contributed by atoms with Gasteiger partial charge in [0.1, 0.15) is 0 Å². The van der Waals surface area contributed by atoms with Crippen molar-refractivity contribution in [2.45, 2.75) is 20.3 Å². The largest absolute Gasteiger partial charge is 0.399 e. The Morgan fingerprint density at radius 3 is 2.71 bits per heavy atom. The van der Waals surface area contributed by atoms with Gasteiger partial charge in [0.25, 0.3) is 5.91 Å². The number of anilines is 2. The zero-order chi connectivity index (χ0) is 12.6. The summed E-state index contributed by atoms with van der Waals surface area (Å²) < 4.78 is 0. The van der Waals surface area contributed by atoms with E-state index >= 15 is 0 Å². The third kappa shape index (κ3) is 2.52. The molecule has 1 aliphatic rings. The average Bonchev–Trinajstić information content (AvgIpc) is 2.83. The number of rotatable bonds is 4. The van der Waals surface area contributed by atoms with E-state index in [-0.39, 0.29) is 0 Å². The van der Waals surface area contributed by atoms with Crippen molar-refractivity contribution in [3.8, 4) is 0 Å². The van der Waals surface area contributed by atoms with E-state index in [1.54, 1.807) is 18.2 Å². The maximum absolute atomic E-state index is 11.3. The Morgan fingerprint density at radius 2 is 2.18 bits per heavy atom. The van der Waals surface area contributed by atoms with Crippen LogP contribution in [0.25, 0.3) is 0 Å². The number of nitrogens with two attached hydrogens (primary N) is 2. The molecular weight excluding hydrogens is 214 g/mol. The number of primary amides is 1. The molecule has 1 fully saturated rings. The van der Waals surface area contributed by atoms with Crippen LogP contribution in [0, 0.1) is 11.3 Å².